The van der Waals surface area contributed by atoms with E-state index >= 15 is 0 Å². The number of aromatic nitrogens is 1. The van der Waals surface area contributed by atoms with Crippen molar-refractivity contribution in [3.63, 3.8) is 0 Å². The van der Waals surface area contributed by atoms with Gasteiger partial charge in [0.25, 0.3) is 0 Å². The molecule has 0 aliphatic heterocycles. The van der Waals surface area contributed by atoms with E-state index in [9.17, 15) is 14.0 Å². The molecule has 5 nitrogen and oxygen atoms in total. The van der Waals surface area contributed by atoms with Crippen LogP contribution in [0.15, 0.2) is 48.7 Å². The molecule has 3 N–H and O–H groups in total. The Labute approximate surface area is 162 Å². The highest BCUT2D eigenvalue weighted by Gasteiger charge is 2.28. The highest BCUT2D eigenvalue weighted by atomic mass is 19.1. The minimum Gasteiger partial charge on any atom is -0.361 e. The van der Waals surface area contributed by atoms with Crippen LogP contribution in [0.5, 0.6) is 0 Å². The third-order valence-corrected chi connectivity index (χ3v) is 5.29. The van der Waals surface area contributed by atoms with Gasteiger partial charge in [-0.1, -0.05) is 24.3 Å². The summed E-state index contributed by atoms with van der Waals surface area (Å²) in [5, 5.41) is 6.83. The van der Waals surface area contributed by atoms with Crippen LogP contribution in [0, 0.1) is 5.82 Å². The molecule has 144 valence electrons. The number of hydrogen-bond acceptors (Lipinski definition) is 2. The maximum atomic E-state index is 13.4. The van der Waals surface area contributed by atoms with E-state index in [1.807, 2.05) is 30.5 Å². The number of H-pyrrole nitrogens is 1. The van der Waals surface area contributed by atoms with Crippen LogP contribution in [0.4, 0.5) is 4.39 Å². The second-order valence-electron chi connectivity index (χ2n) is 7.26. The van der Waals surface area contributed by atoms with Crippen LogP contribution in [0.25, 0.3) is 10.9 Å². The standard InChI is InChI=1S/C22H22FN3O2/c1-13(27)25-21(11-15-12-24-19-5-3-2-4-17(15)19)22(28)26-20-9-6-14-10-16(23)7-8-18(14)20/h2-5,7-8,10,12,20-21,24H,6,9,11H2,1H3,(H,25,27)(H,26,28). The Balaban J connectivity index is 1.53. The first-order valence-electron chi connectivity index (χ1n) is 9.42. The third-order valence-electron chi connectivity index (χ3n) is 5.29. The number of carbonyl (C=O) groups is 2. The summed E-state index contributed by atoms with van der Waals surface area (Å²) in [5.74, 6) is -0.752. The predicted octanol–water partition coefficient (Wildman–Crippen LogP) is 3.16. The highest BCUT2D eigenvalue weighted by molar-refractivity contribution is 5.89. The molecule has 1 heterocycles. The second-order valence-corrected chi connectivity index (χ2v) is 7.26. The van der Waals surface area contributed by atoms with Crippen LogP contribution in [0.1, 0.15) is 36.1 Å². The Morgan fingerprint density at radius 2 is 2.07 bits per heavy atom. The summed E-state index contributed by atoms with van der Waals surface area (Å²) < 4.78 is 13.4. The lowest BCUT2D eigenvalue weighted by Crippen LogP contribution is -2.48. The van der Waals surface area contributed by atoms with Crippen molar-refractivity contribution in [2.75, 3.05) is 0 Å². The van der Waals surface area contributed by atoms with Gasteiger partial charge < -0.3 is 15.6 Å². The molecule has 1 aliphatic rings. The summed E-state index contributed by atoms with van der Waals surface area (Å²) in [7, 11) is 0. The molecule has 0 fully saturated rings. The van der Waals surface area contributed by atoms with Crippen molar-refractivity contribution < 1.29 is 14.0 Å². The van der Waals surface area contributed by atoms with Gasteiger partial charge in [0.1, 0.15) is 11.9 Å². The lowest BCUT2D eigenvalue weighted by molar-refractivity contribution is -0.128. The van der Waals surface area contributed by atoms with Gasteiger partial charge in [-0.2, -0.15) is 0 Å². The highest BCUT2D eigenvalue weighted by Crippen LogP contribution is 2.31. The summed E-state index contributed by atoms with van der Waals surface area (Å²) in [5.41, 5.74) is 3.84. The van der Waals surface area contributed by atoms with E-state index in [1.165, 1.54) is 19.1 Å². The Hall–Kier alpha value is -3.15. The Morgan fingerprint density at radius 3 is 2.89 bits per heavy atom. The molecule has 28 heavy (non-hydrogen) atoms. The zero-order valence-corrected chi connectivity index (χ0v) is 15.6. The monoisotopic (exact) mass is 379 g/mol. The van der Waals surface area contributed by atoms with Gasteiger partial charge in [0.2, 0.25) is 11.8 Å². The van der Waals surface area contributed by atoms with Gasteiger partial charge in [0.15, 0.2) is 0 Å². The summed E-state index contributed by atoms with van der Waals surface area (Å²) in [6, 6.07) is 11.7. The van der Waals surface area contributed by atoms with Gasteiger partial charge in [-0.3, -0.25) is 9.59 Å². The molecule has 6 heteroatoms. The Morgan fingerprint density at radius 1 is 1.25 bits per heavy atom. The molecule has 3 aromatic rings. The minimum absolute atomic E-state index is 0.165. The maximum Gasteiger partial charge on any atom is 0.243 e. The van der Waals surface area contributed by atoms with Crippen LogP contribution in [0.3, 0.4) is 0 Å². The smallest absolute Gasteiger partial charge is 0.243 e. The number of carbonyl (C=O) groups excluding carboxylic acids is 2. The number of rotatable bonds is 5. The minimum atomic E-state index is -0.679. The molecule has 1 aliphatic carbocycles. The number of halogens is 1. The van der Waals surface area contributed by atoms with E-state index in [0.717, 1.165) is 40.4 Å². The van der Waals surface area contributed by atoms with Crippen molar-refractivity contribution in [3.8, 4) is 0 Å². The van der Waals surface area contributed by atoms with E-state index in [-0.39, 0.29) is 23.7 Å². The van der Waals surface area contributed by atoms with E-state index in [0.29, 0.717) is 6.42 Å². The summed E-state index contributed by atoms with van der Waals surface area (Å²) in [4.78, 5) is 27.8. The molecule has 4 rings (SSSR count). The van der Waals surface area contributed by atoms with Crippen molar-refractivity contribution in [3.05, 3.63) is 71.2 Å². The predicted molar refractivity (Wildman–Crippen MR) is 105 cm³/mol. The fourth-order valence-electron chi connectivity index (χ4n) is 3.98. The number of fused-ring (bicyclic) bond motifs is 2. The zero-order valence-electron chi connectivity index (χ0n) is 15.6. The van der Waals surface area contributed by atoms with Gasteiger partial charge in [0, 0.05) is 30.4 Å². The molecule has 0 spiro atoms. The first-order chi connectivity index (χ1) is 13.5. The van der Waals surface area contributed by atoms with Crippen molar-refractivity contribution >= 4 is 22.7 Å². The molecule has 0 saturated heterocycles. The third kappa shape index (κ3) is 3.63. The van der Waals surface area contributed by atoms with Gasteiger partial charge >= 0.3 is 0 Å². The average Bonchev–Trinajstić information content (AvgIpc) is 3.25. The molecule has 2 aromatic carbocycles. The normalized spacial score (nSPS) is 16.6. The van der Waals surface area contributed by atoms with Crippen molar-refractivity contribution in [2.24, 2.45) is 0 Å². The Kier molecular flexibility index (Phi) is 4.86. The molecule has 0 saturated carbocycles. The molecular formula is C22H22FN3O2. The SMILES string of the molecule is CC(=O)NC(Cc1c[nH]c2ccccc12)C(=O)NC1CCc2cc(F)ccc21. The molecule has 0 bridgehead atoms. The number of nitrogens with one attached hydrogen (secondary N) is 3. The lowest BCUT2D eigenvalue weighted by Gasteiger charge is -2.21. The average molecular weight is 379 g/mol. The van der Waals surface area contributed by atoms with E-state index in [2.05, 4.69) is 15.6 Å². The number of para-hydroxylation sites is 1. The number of aromatic amines is 1. The number of amides is 2. The summed E-state index contributed by atoms with van der Waals surface area (Å²) in [6.07, 6.45) is 3.72. The largest absolute Gasteiger partial charge is 0.361 e. The topological polar surface area (TPSA) is 74.0 Å². The fraction of sp³-hybridized carbons (Fsp3) is 0.273. The van der Waals surface area contributed by atoms with E-state index in [4.69, 9.17) is 0 Å². The van der Waals surface area contributed by atoms with Crippen molar-refractivity contribution in [1.29, 1.82) is 0 Å². The maximum absolute atomic E-state index is 13.4. The van der Waals surface area contributed by atoms with Crippen molar-refractivity contribution in [2.45, 2.75) is 38.3 Å². The van der Waals surface area contributed by atoms with E-state index < -0.39 is 6.04 Å². The molecular weight excluding hydrogens is 357 g/mol. The first-order valence-corrected chi connectivity index (χ1v) is 9.42. The Bertz CT molecular complexity index is 1040. The number of hydrogen-bond donors (Lipinski definition) is 3. The van der Waals surface area contributed by atoms with Crippen LogP contribution >= 0.6 is 0 Å². The molecule has 2 amide bonds. The van der Waals surface area contributed by atoms with Gasteiger partial charge in [-0.25, -0.2) is 4.39 Å². The summed E-state index contributed by atoms with van der Waals surface area (Å²) >= 11 is 0. The van der Waals surface area contributed by atoms with Crippen LogP contribution in [0.2, 0.25) is 0 Å². The van der Waals surface area contributed by atoms with Crippen LogP contribution < -0.4 is 10.6 Å². The van der Waals surface area contributed by atoms with Gasteiger partial charge in [-0.05, 0) is 47.7 Å². The molecule has 1 aromatic heterocycles. The number of aryl methyl sites for hydroxylation is 1. The fourth-order valence-corrected chi connectivity index (χ4v) is 3.98. The van der Waals surface area contributed by atoms with Crippen molar-refractivity contribution in [1.82, 2.24) is 15.6 Å². The molecule has 0 radical (unpaired) electrons. The van der Waals surface area contributed by atoms with E-state index in [1.54, 1.807) is 6.07 Å². The summed E-state index contributed by atoms with van der Waals surface area (Å²) in [6.45, 7) is 1.41. The number of benzene rings is 2. The lowest BCUT2D eigenvalue weighted by atomic mass is 10.0. The quantitative estimate of drug-likeness (QED) is 0.637. The van der Waals surface area contributed by atoms with Crippen LogP contribution in [-0.2, 0) is 22.4 Å². The second kappa shape index (κ2) is 7.46. The van der Waals surface area contributed by atoms with Crippen LogP contribution in [-0.4, -0.2) is 22.8 Å². The van der Waals surface area contributed by atoms with Gasteiger partial charge in [0.05, 0.1) is 6.04 Å². The zero-order chi connectivity index (χ0) is 19.7. The molecule has 2 unspecified atom stereocenters. The molecule has 2 atom stereocenters. The van der Waals surface area contributed by atoms with Gasteiger partial charge in [-0.15, -0.1) is 0 Å². The first kappa shape index (κ1) is 18.2.